The first-order valence-corrected chi connectivity index (χ1v) is 8.16. The van der Waals surface area contributed by atoms with Crippen molar-refractivity contribution in [2.24, 2.45) is 11.8 Å². The summed E-state index contributed by atoms with van der Waals surface area (Å²) in [5.41, 5.74) is 1.23. The van der Waals surface area contributed by atoms with Gasteiger partial charge in [-0.15, -0.1) is 0 Å². The molecule has 0 radical (unpaired) electrons. The normalized spacial score (nSPS) is 23.1. The van der Waals surface area contributed by atoms with E-state index in [4.69, 9.17) is 11.6 Å². The highest BCUT2D eigenvalue weighted by Crippen LogP contribution is 2.38. The smallest absolute Gasteiger partial charge is 0.0453 e. The number of nitrogens with one attached hydrogen (secondary N) is 1. The zero-order chi connectivity index (χ0) is 14.5. The van der Waals surface area contributed by atoms with E-state index in [0.29, 0.717) is 6.04 Å². The quantitative estimate of drug-likeness (QED) is 0.780. The highest BCUT2D eigenvalue weighted by molar-refractivity contribution is 6.31. The van der Waals surface area contributed by atoms with Crippen molar-refractivity contribution in [1.82, 2.24) is 10.2 Å². The van der Waals surface area contributed by atoms with Gasteiger partial charge in [0.15, 0.2) is 0 Å². The van der Waals surface area contributed by atoms with E-state index in [9.17, 15) is 0 Å². The van der Waals surface area contributed by atoms with Crippen LogP contribution < -0.4 is 5.32 Å². The molecule has 2 rings (SSSR count). The van der Waals surface area contributed by atoms with Crippen LogP contribution in [0.25, 0.3) is 0 Å². The van der Waals surface area contributed by atoms with Gasteiger partial charge in [0.25, 0.3) is 0 Å². The van der Waals surface area contributed by atoms with Gasteiger partial charge in [-0.2, -0.15) is 0 Å². The van der Waals surface area contributed by atoms with Gasteiger partial charge in [-0.05, 0) is 56.4 Å². The zero-order valence-corrected chi connectivity index (χ0v) is 13.7. The maximum Gasteiger partial charge on any atom is 0.0453 e. The van der Waals surface area contributed by atoms with Crippen molar-refractivity contribution in [2.75, 3.05) is 26.7 Å². The van der Waals surface area contributed by atoms with E-state index in [1.54, 1.807) is 0 Å². The Hall–Kier alpha value is -0.570. The van der Waals surface area contributed by atoms with Crippen molar-refractivity contribution < 1.29 is 0 Å². The van der Waals surface area contributed by atoms with E-state index >= 15 is 0 Å². The van der Waals surface area contributed by atoms with Crippen LogP contribution in [0.4, 0.5) is 0 Å². The second-order valence-corrected chi connectivity index (χ2v) is 6.56. The van der Waals surface area contributed by atoms with E-state index in [1.807, 2.05) is 12.1 Å². The van der Waals surface area contributed by atoms with Crippen LogP contribution >= 0.6 is 11.6 Å². The largest absolute Gasteiger partial charge is 0.310 e. The molecule has 0 aliphatic heterocycles. The third-order valence-corrected chi connectivity index (χ3v) is 4.70. The lowest BCUT2D eigenvalue weighted by Gasteiger charge is -2.23. The molecule has 1 fully saturated rings. The molecule has 1 N–H and O–H groups in total. The molecule has 0 saturated heterocycles. The molecule has 112 valence electrons. The molecule has 0 amide bonds. The van der Waals surface area contributed by atoms with Crippen LogP contribution in [0.1, 0.15) is 38.3 Å². The first-order valence-electron chi connectivity index (χ1n) is 7.78. The fourth-order valence-corrected chi connectivity index (χ4v) is 3.13. The highest BCUT2D eigenvalue weighted by atomic mass is 35.5. The maximum atomic E-state index is 6.33. The van der Waals surface area contributed by atoms with Crippen molar-refractivity contribution in [3.05, 3.63) is 34.9 Å². The first kappa shape index (κ1) is 15.8. The molecular weight excluding hydrogens is 268 g/mol. The number of halogens is 1. The summed E-state index contributed by atoms with van der Waals surface area (Å²) in [5, 5.41) is 4.43. The molecule has 1 saturated carbocycles. The monoisotopic (exact) mass is 294 g/mol. The Bertz CT molecular complexity index is 421. The predicted octanol–water partition coefficient (Wildman–Crippen LogP) is 3.97. The molecule has 0 spiro atoms. The fraction of sp³-hybridized carbons (Fsp3) is 0.647. The molecule has 2 nitrogen and oxygen atoms in total. The molecule has 0 bridgehead atoms. The summed E-state index contributed by atoms with van der Waals surface area (Å²) in [6, 6.07) is 8.54. The number of rotatable bonds is 8. The van der Waals surface area contributed by atoms with Gasteiger partial charge >= 0.3 is 0 Å². The average molecular weight is 295 g/mol. The Morgan fingerprint density at radius 1 is 1.40 bits per heavy atom. The standard InChI is InChI=1S/C17H27ClN2/c1-4-19-17(15-7-5-6-8-16(15)18)9-10-20(3)12-14-11-13(14)2/h5-8,13-14,17,19H,4,9-12H2,1-3H3. The summed E-state index contributed by atoms with van der Waals surface area (Å²) < 4.78 is 0. The van der Waals surface area contributed by atoms with E-state index < -0.39 is 0 Å². The van der Waals surface area contributed by atoms with Crippen molar-refractivity contribution in [2.45, 2.75) is 32.7 Å². The molecule has 1 aromatic carbocycles. The minimum absolute atomic E-state index is 0.354. The molecule has 0 heterocycles. The van der Waals surface area contributed by atoms with E-state index in [2.05, 4.69) is 43.2 Å². The van der Waals surface area contributed by atoms with Crippen molar-refractivity contribution >= 4 is 11.6 Å². The molecule has 20 heavy (non-hydrogen) atoms. The Labute approximate surface area is 128 Å². The van der Waals surface area contributed by atoms with Crippen LogP contribution in [-0.4, -0.2) is 31.6 Å². The summed E-state index contributed by atoms with van der Waals surface area (Å²) in [5.74, 6) is 1.86. The second kappa shape index (κ2) is 7.44. The third kappa shape index (κ3) is 4.47. The summed E-state index contributed by atoms with van der Waals surface area (Å²) in [6.07, 6.45) is 2.51. The van der Waals surface area contributed by atoms with E-state index in [0.717, 1.165) is 36.4 Å². The van der Waals surface area contributed by atoms with Crippen molar-refractivity contribution in [1.29, 1.82) is 0 Å². The Morgan fingerprint density at radius 2 is 2.10 bits per heavy atom. The third-order valence-electron chi connectivity index (χ3n) is 4.35. The summed E-state index contributed by atoms with van der Waals surface area (Å²) in [4.78, 5) is 2.47. The van der Waals surface area contributed by atoms with Crippen LogP contribution in [0.5, 0.6) is 0 Å². The fourth-order valence-electron chi connectivity index (χ4n) is 2.87. The molecule has 1 aliphatic carbocycles. The first-order chi connectivity index (χ1) is 9.61. The summed E-state index contributed by atoms with van der Waals surface area (Å²) in [6.45, 7) is 7.83. The molecule has 0 aromatic heterocycles. The molecule has 3 atom stereocenters. The minimum Gasteiger partial charge on any atom is -0.310 e. The molecule has 3 unspecified atom stereocenters. The van der Waals surface area contributed by atoms with Crippen LogP contribution in [0.2, 0.25) is 5.02 Å². The number of hydrogen-bond donors (Lipinski definition) is 1. The van der Waals surface area contributed by atoms with Gasteiger partial charge in [0.05, 0.1) is 0 Å². The lowest BCUT2D eigenvalue weighted by Crippen LogP contribution is -2.28. The highest BCUT2D eigenvalue weighted by Gasteiger charge is 2.33. The van der Waals surface area contributed by atoms with Gasteiger partial charge in [0, 0.05) is 17.6 Å². The average Bonchev–Trinajstić information content (AvgIpc) is 3.11. The van der Waals surface area contributed by atoms with Crippen molar-refractivity contribution in [3.63, 3.8) is 0 Å². The molecule has 1 aromatic rings. The summed E-state index contributed by atoms with van der Waals surface area (Å²) in [7, 11) is 2.24. The predicted molar refractivity (Wildman–Crippen MR) is 87.3 cm³/mol. The molecule has 3 heteroatoms. The van der Waals surface area contributed by atoms with Crippen LogP contribution in [0, 0.1) is 11.8 Å². The van der Waals surface area contributed by atoms with Crippen LogP contribution in [0.3, 0.4) is 0 Å². The Balaban J connectivity index is 1.87. The Kier molecular flexibility index (Phi) is 5.88. The van der Waals surface area contributed by atoms with Gasteiger partial charge in [-0.3, -0.25) is 0 Å². The zero-order valence-electron chi connectivity index (χ0n) is 12.9. The SMILES string of the molecule is CCNC(CCN(C)CC1CC1C)c1ccccc1Cl. The molecular formula is C17H27ClN2. The number of hydrogen-bond acceptors (Lipinski definition) is 2. The van der Waals surface area contributed by atoms with Gasteiger partial charge in [-0.1, -0.05) is 43.6 Å². The number of nitrogens with zero attached hydrogens (tertiary/aromatic N) is 1. The lowest BCUT2D eigenvalue weighted by atomic mass is 10.0. The maximum absolute atomic E-state index is 6.33. The van der Waals surface area contributed by atoms with E-state index in [-0.39, 0.29) is 0 Å². The number of benzene rings is 1. The summed E-state index contributed by atoms with van der Waals surface area (Å²) >= 11 is 6.33. The van der Waals surface area contributed by atoms with Crippen LogP contribution in [-0.2, 0) is 0 Å². The van der Waals surface area contributed by atoms with Gasteiger partial charge in [0.1, 0.15) is 0 Å². The van der Waals surface area contributed by atoms with E-state index in [1.165, 1.54) is 18.5 Å². The van der Waals surface area contributed by atoms with Gasteiger partial charge in [0.2, 0.25) is 0 Å². The Morgan fingerprint density at radius 3 is 2.70 bits per heavy atom. The van der Waals surface area contributed by atoms with Crippen LogP contribution in [0.15, 0.2) is 24.3 Å². The minimum atomic E-state index is 0.354. The van der Waals surface area contributed by atoms with Gasteiger partial charge < -0.3 is 10.2 Å². The topological polar surface area (TPSA) is 15.3 Å². The van der Waals surface area contributed by atoms with Gasteiger partial charge in [-0.25, -0.2) is 0 Å². The molecule has 1 aliphatic rings. The second-order valence-electron chi connectivity index (χ2n) is 6.16. The van der Waals surface area contributed by atoms with Crippen molar-refractivity contribution in [3.8, 4) is 0 Å². The lowest BCUT2D eigenvalue weighted by molar-refractivity contribution is 0.293.